The molecule has 0 spiro atoms. The van der Waals surface area contributed by atoms with E-state index in [9.17, 15) is 4.39 Å². The first kappa shape index (κ1) is 11.0. The molecule has 0 saturated heterocycles. The molecule has 0 aliphatic carbocycles. The number of aromatic nitrogens is 1. The van der Waals surface area contributed by atoms with E-state index in [1.54, 1.807) is 18.3 Å². The predicted octanol–water partition coefficient (Wildman–Crippen LogP) is 4.19. The third-order valence-corrected chi connectivity index (χ3v) is 3.42. The lowest BCUT2D eigenvalue weighted by atomic mass is 10.2. The van der Waals surface area contributed by atoms with Crippen LogP contribution in [0.25, 0.3) is 10.2 Å². The highest BCUT2D eigenvalue weighted by molar-refractivity contribution is 7.22. The van der Waals surface area contributed by atoms with Gasteiger partial charge in [0.1, 0.15) is 5.82 Å². The highest BCUT2D eigenvalue weighted by Gasteiger charge is 2.00. The largest absolute Gasteiger partial charge is 0.227 e. The van der Waals surface area contributed by atoms with Gasteiger partial charge in [0.2, 0.25) is 5.13 Å². The molecule has 0 radical (unpaired) electrons. The number of nitrogens with zero attached hydrogens (tertiary/aromatic N) is 2. The van der Waals surface area contributed by atoms with Gasteiger partial charge in [0.15, 0.2) is 0 Å². The number of aliphatic imine (C=N–C) groups is 1. The Balaban J connectivity index is 1.89. The monoisotopic (exact) mass is 256 g/mol. The molecule has 0 saturated carbocycles. The molecule has 0 fully saturated rings. The Kier molecular flexibility index (Phi) is 2.86. The Bertz CT molecular complexity index is 668. The maximum absolute atomic E-state index is 12.7. The van der Waals surface area contributed by atoms with E-state index in [0.717, 1.165) is 15.8 Å². The van der Waals surface area contributed by atoms with Crippen molar-refractivity contribution in [2.24, 2.45) is 4.99 Å². The average Bonchev–Trinajstić information content (AvgIpc) is 2.81. The Morgan fingerprint density at radius 2 is 1.83 bits per heavy atom. The molecule has 18 heavy (non-hydrogen) atoms. The van der Waals surface area contributed by atoms with E-state index in [4.69, 9.17) is 0 Å². The number of halogens is 1. The van der Waals surface area contributed by atoms with Crippen molar-refractivity contribution in [1.29, 1.82) is 0 Å². The van der Waals surface area contributed by atoms with Gasteiger partial charge in [-0.2, -0.15) is 0 Å². The molecule has 88 valence electrons. The Labute approximate surface area is 107 Å². The topological polar surface area (TPSA) is 25.2 Å². The van der Waals surface area contributed by atoms with Crippen molar-refractivity contribution in [3.8, 4) is 0 Å². The minimum absolute atomic E-state index is 0.243. The zero-order valence-corrected chi connectivity index (χ0v) is 10.2. The minimum atomic E-state index is -0.243. The first-order valence-corrected chi connectivity index (χ1v) is 6.28. The lowest BCUT2D eigenvalue weighted by Crippen LogP contribution is -1.80. The first-order valence-electron chi connectivity index (χ1n) is 5.46. The van der Waals surface area contributed by atoms with E-state index in [-0.39, 0.29) is 5.82 Å². The summed E-state index contributed by atoms with van der Waals surface area (Å²) >= 11 is 1.54. The third kappa shape index (κ3) is 2.28. The van der Waals surface area contributed by atoms with Crippen molar-refractivity contribution in [1.82, 2.24) is 4.98 Å². The summed E-state index contributed by atoms with van der Waals surface area (Å²) in [4.78, 5) is 8.70. The number of hydrogen-bond acceptors (Lipinski definition) is 3. The number of hydrogen-bond donors (Lipinski definition) is 0. The molecule has 0 aliphatic heterocycles. The van der Waals surface area contributed by atoms with Crippen LogP contribution in [0.1, 0.15) is 5.56 Å². The van der Waals surface area contributed by atoms with E-state index < -0.39 is 0 Å². The summed E-state index contributed by atoms with van der Waals surface area (Å²) in [7, 11) is 0. The van der Waals surface area contributed by atoms with E-state index in [1.165, 1.54) is 23.5 Å². The van der Waals surface area contributed by atoms with Gasteiger partial charge in [-0.3, -0.25) is 0 Å². The normalized spacial score (nSPS) is 11.4. The number of benzene rings is 2. The van der Waals surface area contributed by atoms with Gasteiger partial charge in [-0.05, 0) is 29.8 Å². The van der Waals surface area contributed by atoms with E-state index >= 15 is 0 Å². The van der Waals surface area contributed by atoms with Gasteiger partial charge in [0.25, 0.3) is 0 Å². The highest BCUT2D eigenvalue weighted by Crippen LogP contribution is 2.27. The molecule has 3 aromatic rings. The van der Waals surface area contributed by atoms with Gasteiger partial charge in [0.05, 0.1) is 10.2 Å². The lowest BCUT2D eigenvalue weighted by molar-refractivity contribution is 0.628. The molecule has 2 aromatic carbocycles. The molecule has 1 aromatic heterocycles. The van der Waals surface area contributed by atoms with Gasteiger partial charge >= 0.3 is 0 Å². The first-order chi connectivity index (χ1) is 8.81. The van der Waals surface area contributed by atoms with Crippen LogP contribution in [0.15, 0.2) is 53.5 Å². The molecular weight excluding hydrogens is 247 g/mol. The summed E-state index contributed by atoms with van der Waals surface area (Å²) < 4.78 is 13.8. The van der Waals surface area contributed by atoms with Crippen molar-refractivity contribution in [2.45, 2.75) is 0 Å². The van der Waals surface area contributed by atoms with Crippen LogP contribution in [0.5, 0.6) is 0 Å². The van der Waals surface area contributed by atoms with Crippen LogP contribution in [-0.2, 0) is 0 Å². The summed E-state index contributed by atoms with van der Waals surface area (Å²) in [6.45, 7) is 0. The zero-order chi connectivity index (χ0) is 12.4. The smallest absolute Gasteiger partial charge is 0.210 e. The van der Waals surface area contributed by atoms with Crippen LogP contribution < -0.4 is 0 Å². The lowest BCUT2D eigenvalue weighted by Gasteiger charge is -1.90. The van der Waals surface area contributed by atoms with Crippen LogP contribution in [0, 0.1) is 5.82 Å². The van der Waals surface area contributed by atoms with Crippen LogP contribution >= 0.6 is 11.3 Å². The van der Waals surface area contributed by atoms with E-state index in [1.807, 2.05) is 24.3 Å². The van der Waals surface area contributed by atoms with E-state index in [0.29, 0.717) is 5.13 Å². The highest BCUT2D eigenvalue weighted by atomic mass is 32.1. The molecule has 2 nitrogen and oxygen atoms in total. The molecule has 3 rings (SSSR count). The fourth-order valence-electron chi connectivity index (χ4n) is 1.59. The van der Waals surface area contributed by atoms with Crippen molar-refractivity contribution >= 4 is 32.9 Å². The number of rotatable bonds is 2. The van der Waals surface area contributed by atoms with E-state index in [2.05, 4.69) is 9.98 Å². The number of para-hydroxylation sites is 1. The van der Waals surface area contributed by atoms with Crippen LogP contribution in [-0.4, -0.2) is 11.2 Å². The summed E-state index contributed by atoms with van der Waals surface area (Å²) in [5.74, 6) is -0.243. The third-order valence-electron chi connectivity index (χ3n) is 2.48. The molecule has 0 aliphatic rings. The standard InChI is InChI=1S/C14H9FN2S/c15-11-7-5-10(6-8-11)9-16-14-17-12-3-1-2-4-13(12)18-14/h1-9H/b16-9+. The summed E-state index contributed by atoms with van der Waals surface area (Å²) in [5.41, 5.74) is 1.81. The second-order valence-electron chi connectivity index (χ2n) is 3.77. The molecule has 0 unspecified atom stereocenters. The number of thiazole rings is 1. The summed E-state index contributed by atoms with van der Waals surface area (Å²) in [5, 5.41) is 0.709. The quantitative estimate of drug-likeness (QED) is 0.631. The van der Waals surface area contributed by atoms with Gasteiger partial charge in [-0.25, -0.2) is 14.4 Å². The Morgan fingerprint density at radius 3 is 2.61 bits per heavy atom. The Morgan fingerprint density at radius 1 is 1.06 bits per heavy atom. The Hall–Kier alpha value is -2.07. The van der Waals surface area contributed by atoms with Crippen LogP contribution in [0.3, 0.4) is 0 Å². The van der Waals surface area contributed by atoms with Crippen molar-refractivity contribution < 1.29 is 4.39 Å². The van der Waals surface area contributed by atoms with Crippen LogP contribution in [0.4, 0.5) is 9.52 Å². The zero-order valence-electron chi connectivity index (χ0n) is 9.38. The van der Waals surface area contributed by atoms with Crippen LogP contribution in [0.2, 0.25) is 0 Å². The molecular formula is C14H9FN2S. The van der Waals surface area contributed by atoms with Gasteiger partial charge in [-0.15, -0.1) is 0 Å². The van der Waals surface area contributed by atoms with Gasteiger partial charge < -0.3 is 0 Å². The van der Waals surface area contributed by atoms with Gasteiger partial charge in [0, 0.05) is 6.21 Å². The second-order valence-corrected chi connectivity index (χ2v) is 4.78. The summed E-state index contributed by atoms with van der Waals surface area (Å²) in [6.07, 6.45) is 1.69. The summed E-state index contributed by atoms with van der Waals surface area (Å²) in [6, 6.07) is 14.1. The minimum Gasteiger partial charge on any atom is -0.227 e. The van der Waals surface area contributed by atoms with Crippen molar-refractivity contribution in [3.05, 3.63) is 59.9 Å². The SMILES string of the molecule is Fc1ccc(/C=N/c2nc3ccccc3s2)cc1. The fraction of sp³-hybridized carbons (Fsp3) is 0. The molecule has 0 atom stereocenters. The maximum Gasteiger partial charge on any atom is 0.210 e. The molecule has 0 N–H and O–H groups in total. The van der Waals surface area contributed by atoms with Crippen molar-refractivity contribution in [2.75, 3.05) is 0 Å². The second kappa shape index (κ2) is 4.66. The van der Waals surface area contributed by atoms with Gasteiger partial charge in [-0.1, -0.05) is 35.6 Å². The predicted molar refractivity (Wildman–Crippen MR) is 73.3 cm³/mol. The molecule has 1 heterocycles. The maximum atomic E-state index is 12.7. The molecule has 4 heteroatoms. The molecule has 0 amide bonds. The fourth-order valence-corrected chi connectivity index (χ4v) is 2.40. The van der Waals surface area contributed by atoms with Crippen molar-refractivity contribution in [3.63, 3.8) is 0 Å². The molecule has 0 bridgehead atoms. The average molecular weight is 256 g/mol. The number of fused-ring (bicyclic) bond motifs is 1.